The molecule has 2 nitrogen and oxygen atoms in total. The van der Waals surface area contributed by atoms with Crippen molar-refractivity contribution in [2.24, 2.45) is 0 Å². The zero-order valence-corrected chi connectivity index (χ0v) is 8.04. The van der Waals surface area contributed by atoms with Gasteiger partial charge in [0.05, 0.1) is 0 Å². The Morgan fingerprint density at radius 1 is 1.21 bits per heavy atom. The van der Waals surface area contributed by atoms with E-state index < -0.39 is 6.61 Å². The number of hydrogen-bond donors (Lipinski definition) is 0. The van der Waals surface area contributed by atoms with Crippen molar-refractivity contribution in [3.8, 4) is 5.75 Å². The number of halogens is 2. The maximum atomic E-state index is 11.6. The summed E-state index contributed by atoms with van der Waals surface area (Å²) in [5, 5.41) is 0. The summed E-state index contributed by atoms with van der Waals surface area (Å²) in [6.07, 6.45) is 0.631. The fourth-order valence-corrected chi connectivity index (χ4v) is 0.728. The summed E-state index contributed by atoms with van der Waals surface area (Å²) in [5.74, 6) is 0.0515. The molecule has 1 aromatic rings. The Kier molecular flexibility index (Phi) is 6.28. The number of hydrogen-bond acceptors (Lipinski definition) is 2. The zero-order chi connectivity index (χ0) is 11.0. The second kappa shape index (κ2) is 7.00. The molecule has 1 rings (SSSR count). The van der Waals surface area contributed by atoms with E-state index in [2.05, 4.69) is 4.74 Å². The van der Waals surface area contributed by atoms with Gasteiger partial charge in [0.15, 0.2) is 0 Å². The van der Waals surface area contributed by atoms with Gasteiger partial charge in [0.2, 0.25) is 0 Å². The summed E-state index contributed by atoms with van der Waals surface area (Å²) in [7, 11) is 0. The first-order valence-corrected chi connectivity index (χ1v) is 4.22. The number of carbonyl (C=O) groups is 1. The van der Waals surface area contributed by atoms with Crippen LogP contribution in [0.2, 0.25) is 0 Å². The molecule has 0 spiro atoms. The summed E-state index contributed by atoms with van der Waals surface area (Å²) >= 11 is 0. The smallest absolute Gasteiger partial charge is 0.387 e. The van der Waals surface area contributed by atoms with Crippen LogP contribution in [0.1, 0.15) is 24.2 Å². The maximum Gasteiger partial charge on any atom is 0.387 e. The first-order chi connectivity index (χ1) is 6.72. The molecule has 0 saturated heterocycles. The number of aldehydes is 1. The molecule has 0 saturated carbocycles. The second-order valence-electron chi connectivity index (χ2n) is 2.07. The molecule has 0 N–H and O–H groups in total. The topological polar surface area (TPSA) is 26.3 Å². The standard InChI is InChI=1S/C8H6F2O2.C2H6/c9-8(10)12-7-3-1-6(5-11)2-4-7;1-2/h1-5,8H;1-2H3. The minimum atomic E-state index is -2.83. The second-order valence-corrected chi connectivity index (χ2v) is 2.07. The van der Waals surface area contributed by atoms with Crippen LogP contribution in [-0.2, 0) is 0 Å². The molecule has 0 aliphatic rings. The first-order valence-electron chi connectivity index (χ1n) is 4.22. The fourth-order valence-electron chi connectivity index (χ4n) is 0.728. The van der Waals surface area contributed by atoms with Gasteiger partial charge in [-0.05, 0) is 24.3 Å². The molecule has 0 radical (unpaired) electrons. The number of carbonyl (C=O) groups excluding carboxylic acids is 1. The maximum absolute atomic E-state index is 11.6. The molecule has 0 fully saturated rings. The third-order valence-corrected chi connectivity index (χ3v) is 1.24. The molecule has 0 aliphatic carbocycles. The molecule has 14 heavy (non-hydrogen) atoms. The van der Waals surface area contributed by atoms with E-state index in [0.29, 0.717) is 11.8 Å². The van der Waals surface area contributed by atoms with Crippen LogP contribution in [0.3, 0.4) is 0 Å². The minimum Gasteiger partial charge on any atom is -0.435 e. The Hall–Kier alpha value is -1.45. The van der Waals surface area contributed by atoms with Gasteiger partial charge in [0.25, 0.3) is 0 Å². The van der Waals surface area contributed by atoms with Crippen molar-refractivity contribution in [1.29, 1.82) is 0 Å². The number of rotatable bonds is 3. The fraction of sp³-hybridized carbons (Fsp3) is 0.300. The highest BCUT2D eigenvalue weighted by Crippen LogP contribution is 2.13. The molecule has 0 aromatic heterocycles. The molecule has 0 aliphatic heterocycles. The van der Waals surface area contributed by atoms with Crippen molar-refractivity contribution in [2.45, 2.75) is 20.5 Å². The lowest BCUT2D eigenvalue weighted by molar-refractivity contribution is -0.0498. The van der Waals surface area contributed by atoms with Gasteiger partial charge in [-0.3, -0.25) is 4.79 Å². The van der Waals surface area contributed by atoms with Gasteiger partial charge in [-0.2, -0.15) is 8.78 Å². The molecule has 0 atom stereocenters. The van der Waals surface area contributed by atoms with Crippen LogP contribution in [0.4, 0.5) is 8.78 Å². The molecule has 0 amide bonds. The summed E-state index contributed by atoms with van der Waals surface area (Å²) in [6, 6.07) is 5.45. The van der Waals surface area contributed by atoms with Crippen LogP contribution in [0.5, 0.6) is 5.75 Å². The molecule has 0 unspecified atom stereocenters. The highest BCUT2D eigenvalue weighted by molar-refractivity contribution is 5.74. The van der Waals surface area contributed by atoms with Gasteiger partial charge in [0.1, 0.15) is 12.0 Å². The van der Waals surface area contributed by atoms with E-state index >= 15 is 0 Å². The van der Waals surface area contributed by atoms with Crippen LogP contribution in [0.25, 0.3) is 0 Å². The third-order valence-electron chi connectivity index (χ3n) is 1.24. The Balaban J connectivity index is 0.000000791. The van der Waals surface area contributed by atoms with Crippen molar-refractivity contribution in [3.63, 3.8) is 0 Å². The summed E-state index contributed by atoms with van der Waals surface area (Å²) < 4.78 is 27.3. The van der Waals surface area contributed by atoms with Gasteiger partial charge in [0, 0.05) is 5.56 Å². The summed E-state index contributed by atoms with van der Waals surface area (Å²) in [4.78, 5) is 10.2. The summed E-state index contributed by atoms with van der Waals surface area (Å²) in [6.45, 7) is 1.17. The third kappa shape index (κ3) is 4.54. The summed E-state index contributed by atoms with van der Waals surface area (Å²) in [5.41, 5.74) is 0.427. The van der Waals surface area contributed by atoms with Crippen LogP contribution < -0.4 is 4.74 Å². The molecule has 0 heterocycles. The molecule has 1 aromatic carbocycles. The van der Waals surface area contributed by atoms with Gasteiger partial charge in [-0.25, -0.2) is 0 Å². The van der Waals surface area contributed by atoms with E-state index in [4.69, 9.17) is 0 Å². The Labute approximate surface area is 81.5 Å². The molecule has 0 bridgehead atoms. The highest BCUT2D eigenvalue weighted by Gasteiger charge is 2.02. The van der Waals surface area contributed by atoms with Crippen molar-refractivity contribution in [1.82, 2.24) is 0 Å². The van der Waals surface area contributed by atoms with Gasteiger partial charge in [-0.1, -0.05) is 13.8 Å². The van der Waals surface area contributed by atoms with Crippen LogP contribution in [0.15, 0.2) is 24.3 Å². The molecule has 4 heteroatoms. The van der Waals surface area contributed by atoms with Crippen LogP contribution >= 0.6 is 0 Å². The monoisotopic (exact) mass is 202 g/mol. The van der Waals surface area contributed by atoms with E-state index in [-0.39, 0.29) is 5.75 Å². The Morgan fingerprint density at radius 3 is 2.07 bits per heavy atom. The van der Waals surface area contributed by atoms with Crippen molar-refractivity contribution in [3.05, 3.63) is 29.8 Å². The Bertz CT molecular complexity index is 257. The Morgan fingerprint density at radius 2 is 1.71 bits per heavy atom. The van der Waals surface area contributed by atoms with E-state index in [1.54, 1.807) is 0 Å². The van der Waals surface area contributed by atoms with E-state index in [1.165, 1.54) is 24.3 Å². The van der Waals surface area contributed by atoms with Crippen LogP contribution in [0, 0.1) is 0 Å². The number of alkyl halides is 2. The minimum absolute atomic E-state index is 0.0515. The average molecular weight is 202 g/mol. The zero-order valence-electron chi connectivity index (χ0n) is 8.04. The molecular formula is C10H12F2O2. The SMILES string of the molecule is CC.O=Cc1ccc(OC(F)F)cc1. The predicted octanol–water partition coefficient (Wildman–Crippen LogP) is 3.13. The highest BCUT2D eigenvalue weighted by atomic mass is 19.3. The van der Waals surface area contributed by atoms with Crippen molar-refractivity contribution in [2.75, 3.05) is 0 Å². The lowest BCUT2D eigenvalue weighted by Gasteiger charge is -2.02. The van der Waals surface area contributed by atoms with Crippen molar-refractivity contribution >= 4 is 6.29 Å². The largest absolute Gasteiger partial charge is 0.435 e. The number of ether oxygens (including phenoxy) is 1. The van der Waals surface area contributed by atoms with Crippen molar-refractivity contribution < 1.29 is 18.3 Å². The van der Waals surface area contributed by atoms with E-state index in [9.17, 15) is 13.6 Å². The van der Waals surface area contributed by atoms with Crippen LogP contribution in [-0.4, -0.2) is 12.9 Å². The quantitative estimate of drug-likeness (QED) is 0.704. The van der Waals surface area contributed by atoms with E-state index in [0.717, 1.165) is 0 Å². The van der Waals surface area contributed by atoms with Gasteiger partial charge >= 0.3 is 6.61 Å². The molecular weight excluding hydrogens is 190 g/mol. The lowest BCUT2D eigenvalue weighted by atomic mass is 10.2. The van der Waals surface area contributed by atoms with E-state index in [1.807, 2.05) is 13.8 Å². The molecule has 78 valence electrons. The predicted molar refractivity (Wildman–Crippen MR) is 49.8 cm³/mol. The first kappa shape index (κ1) is 12.6. The van der Waals surface area contributed by atoms with Gasteiger partial charge < -0.3 is 4.74 Å². The van der Waals surface area contributed by atoms with Gasteiger partial charge in [-0.15, -0.1) is 0 Å². The lowest BCUT2D eigenvalue weighted by Crippen LogP contribution is -2.01. The normalized spacial score (nSPS) is 8.93. The average Bonchev–Trinajstić information content (AvgIpc) is 2.21. The number of benzene rings is 1.